The summed E-state index contributed by atoms with van der Waals surface area (Å²) >= 11 is 4.49. The number of benzene rings is 1. The SMILES string of the molecule is Cc1nc(C)c(C(=O)O)c(SCc2cc(F)cc(Br)c2)n1. The van der Waals surface area contributed by atoms with Gasteiger partial charge in [0, 0.05) is 10.2 Å². The Bertz CT molecular complexity index is 689. The van der Waals surface area contributed by atoms with Crippen LogP contribution in [0, 0.1) is 19.7 Å². The molecule has 2 aromatic rings. The van der Waals surface area contributed by atoms with E-state index in [4.69, 9.17) is 0 Å². The minimum Gasteiger partial charge on any atom is -0.478 e. The van der Waals surface area contributed by atoms with Crippen molar-refractivity contribution in [2.75, 3.05) is 0 Å². The molecule has 1 aromatic carbocycles. The van der Waals surface area contributed by atoms with Crippen LogP contribution in [0.25, 0.3) is 0 Å². The highest BCUT2D eigenvalue weighted by Crippen LogP contribution is 2.27. The van der Waals surface area contributed by atoms with Gasteiger partial charge < -0.3 is 5.11 Å². The second-order valence-corrected chi connectivity index (χ2v) is 6.29. The average Bonchev–Trinajstić information content (AvgIpc) is 2.33. The van der Waals surface area contributed by atoms with Crippen LogP contribution in [0.15, 0.2) is 27.7 Å². The highest BCUT2D eigenvalue weighted by molar-refractivity contribution is 9.10. The molecule has 0 saturated heterocycles. The zero-order chi connectivity index (χ0) is 15.6. The van der Waals surface area contributed by atoms with Crippen LogP contribution in [0.5, 0.6) is 0 Å². The van der Waals surface area contributed by atoms with Crippen molar-refractivity contribution in [3.05, 3.63) is 51.1 Å². The Morgan fingerprint density at radius 1 is 1.33 bits per heavy atom. The molecule has 7 heteroatoms. The number of carboxylic acid groups (broad SMARTS) is 1. The summed E-state index contributed by atoms with van der Waals surface area (Å²) in [5.41, 5.74) is 1.27. The van der Waals surface area contributed by atoms with Crippen LogP contribution in [0.2, 0.25) is 0 Å². The van der Waals surface area contributed by atoms with Crippen LogP contribution in [0.4, 0.5) is 4.39 Å². The highest BCUT2D eigenvalue weighted by Gasteiger charge is 2.17. The summed E-state index contributed by atoms with van der Waals surface area (Å²) in [5.74, 6) is -0.462. The Morgan fingerprint density at radius 2 is 2.05 bits per heavy atom. The maximum absolute atomic E-state index is 13.3. The third-order valence-electron chi connectivity index (χ3n) is 2.68. The van der Waals surface area contributed by atoms with Crippen molar-refractivity contribution >= 4 is 33.7 Å². The summed E-state index contributed by atoms with van der Waals surface area (Å²) in [7, 11) is 0. The molecular formula is C14H12BrFN2O2S. The summed E-state index contributed by atoms with van der Waals surface area (Å²) in [5, 5.41) is 9.66. The molecular weight excluding hydrogens is 359 g/mol. The van der Waals surface area contributed by atoms with Crippen molar-refractivity contribution in [3.63, 3.8) is 0 Å². The van der Waals surface area contributed by atoms with Gasteiger partial charge in [-0.3, -0.25) is 0 Å². The maximum Gasteiger partial charge on any atom is 0.340 e. The smallest absolute Gasteiger partial charge is 0.340 e. The lowest BCUT2D eigenvalue weighted by atomic mass is 10.2. The number of halogens is 2. The van der Waals surface area contributed by atoms with Gasteiger partial charge in [0.2, 0.25) is 0 Å². The fraction of sp³-hybridized carbons (Fsp3) is 0.214. The maximum atomic E-state index is 13.3. The molecule has 0 saturated carbocycles. The summed E-state index contributed by atoms with van der Waals surface area (Å²) in [6, 6.07) is 4.58. The van der Waals surface area contributed by atoms with Gasteiger partial charge in [-0.25, -0.2) is 19.2 Å². The molecule has 0 aliphatic rings. The highest BCUT2D eigenvalue weighted by atomic mass is 79.9. The van der Waals surface area contributed by atoms with E-state index in [1.807, 2.05) is 0 Å². The van der Waals surface area contributed by atoms with Gasteiger partial charge in [0.05, 0.1) is 5.69 Å². The van der Waals surface area contributed by atoms with E-state index in [9.17, 15) is 14.3 Å². The summed E-state index contributed by atoms with van der Waals surface area (Å²) in [6.07, 6.45) is 0. The number of nitrogens with zero attached hydrogens (tertiary/aromatic N) is 2. The van der Waals surface area contributed by atoms with Gasteiger partial charge in [0.25, 0.3) is 0 Å². The van der Waals surface area contributed by atoms with Gasteiger partial charge >= 0.3 is 5.97 Å². The topological polar surface area (TPSA) is 63.1 Å². The van der Waals surface area contributed by atoms with E-state index in [1.165, 1.54) is 23.9 Å². The second kappa shape index (κ2) is 6.53. The monoisotopic (exact) mass is 370 g/mol. The molecule has 0 aliphatic carbocycles. The van der Waals surface area contributed by atoms with Crippen LogP contribution in [0.1, 0.15) is 27.4 Å². The molecule has 2 rings (SSSR count). The molecule has 0 fully saturated rings. The van der Waals surface area contributed by atoms with Crippen molar-refractivity contribution in [1.82, 2.24) is 9.97 Å². The van der Waals surface area contributed by atoms with Crippen molar-refractivity contribution < 1.29 is 14.3 Å². The zero-order valence-corrected chi connectivity index (χ0v) is 13.8. The van der Waals surface area contributed by atoms with Crippen molar-refractivity contribution in [1.29, 1.82) is 0 Å². The third-order valence-corrected chi connectivity index (χ3v) is 4.18. The van der Waals surface area contributed by atoms with E-state index < -0.39 is 5.97 Å². The van der Waals surface area contributed by atoms with E-state index >= 15 is 0 Å². The molecule has 1 heterocycles. The zero-order valence-electron chi connectivity index (χ0n) is 11.4. The van der Waals surface area contributed by atoms with E-state index in [1.54, 1.807) is 19.9 Å². The van der Waals surface area contributed by atoms with Crippen LogP contribution in [0.3, 0.4) is 0 Å². The first kappa shape index (κ1) is 15.9. The number of hydrogen-bond acceptors (Lipinski definition) is 4. The predicted octanol–water partition coefficient (Wildman–Crippen LogP) is 3.99. The van der Waals surface area contributed by atoms with Gasteiger partial charge in [-0.15, -0.1) is 11.8 Å². The summed E-state index contributed by atoms with van der Waals surface area (Å²) in [4.78, 5) is 19.6. The molecule has 0 unspecified atom stereocenters. The Labute approximate surface area is 133 Å². The number of aryl methyl sites for hydroxylation is 2. The molecule has 0 aliphatic heterocycles. The fourth-order valence-corrected chi connectivity index (χ4v) is 3.44. The van der Waals surface area contributed by atoms with Gasteiger partial charge in [-0.1, -0.05) is 15.9 Å². The Morgan fingerprint density at radius 3 is 2.67 bits per heavy atom. The minimum absolute atomic E-state index is 0.0982. The lowest BCUT2D eigenvalue weighted by Gasteiger charge is -2.09. The molecule has 0 atom stereocenters. The van der Waals surface area contributed by atoms with Gasteiger partial charge in [0.15, 0.2) is 0 Å². The number of hydrogen-bond donors (Lipinski definition) is 1. The van der Waals surface area contributed by atoms with Gasteiger partial charge in [-0.05, 0) is 37.6 Å². The molecule has 110 valence electrons. The molecule has 21 heavy (non-hydrogen) atoms. The first-order chi connectivity index (χ1) is 9.86. The van der Waals surface area contributed by atoms with Crippen LogP contribution < -0.4 is 0 Å². The number of aromatic nitrogens is 2. The van der Waals surface area contributed by atoms with Crippen molar-refractivity contribution in [3.8, 4) is 0 Å². The first-order valence-corrected chi connectivity index (χ1v) is 7.81. The number of carbonyl (C=O) groups is 1. The van der Waals surface area contributed by atoms with Crippen molar-refractivity contribution in [2.24, 2.45) is 0 Å². The quantitative estimate of drug-likeness (QED) is 0.651. The molecule has 0 spiro atoms. The van der Waals surface area contributed by atoms with E-state index in [2.05, 4.69) is 25.9 Å². The molecule has 0 radical (unpaired) electrons. The van der Waals surface area contributed by atoms with E-state index in [0.29, 0.717) is 26.8 Å². The Balaban J connectivity index is 2.29. The van der Waals surface area contributed by atoms with Crippen LogP contribution in [-0.4, -0.2) is 21.0 Å². The Hall–Kier alpha value is -1.47. The largest absolute Gasteiger partial charge is 0.478 e. The van der Waals surface area contributed by atoms with E-state index in [-0.39, 0.29) is 11.4 Å². The molecule has 0 bridgehead atoms. The molecule has 1 aromatic heterocycles. The normalized spacial score (nSPS) is 10.7. The number of thioether (sulfide) groups is 1. The molecule has 4 nitrogen and oxygen atoms in total. The molecule has 1 N–H and O–H groups in total. The minimum atomic E-state index is -1.06. The van der Waals surface area contributed by atoms with Crippen LogP contribution in [-0.2, 0) is 5.75 Å². The second-order valence-electron chi connectivity index (χ2n) is 4.41. The fourth-order valence-electron chi connectivity index (χ4n) is 1.88. The van der Waals surface area contributed by atoms with E-state index in [0.717, 1.165) is 5.56 Å². The summed E-state index contributed by atoms with van der Waals surface area (Å²) < 4.78 is 14.0. The van der Waals surface area contributed by atoms with Gasteiger partial charge in [-0.2, -0.15) is 0 Å². The number of aromatic carboxylic acids is 1. The van der Waals surface area contributed by atoms with Crippen LogP contribution >= 0.6 is 27.7 Å². The standard InChI is InChI=1S/C14H12BrFN2O2S/c1-7-12(14(19)20)13(18-8(2)17-7)21-6-9-3-10(15)5-11(16)4-9/h3-5H,6H2,1-2H3,(H,19,20). The predicted molar refractivity (Wildman–Crippen MR) is 82.1 cm³/mol. The lowest BCUT2D eigenvalue weighted by Crippen LogP contribution is -2.08. The molecule has 0 amide bonds. The van der Waals surface area contributed by atoms with Gasteiger partial charge in [0.1, 0.15) is 22.2 Å². The first-order valence-electron chi connectivity index (χ1n) is 6.03. The number of carboxylic acids is 1. The third kappa shape index (κ3) is 4.01. The average molecular weight is 371 g/mol. The summed E-state index contributed by atoms with van der Waals surface area (Å²) in [6.45, 7) is 3.35. The lowest BCUT2D eigenvalue weighted by molar-refractivity contribution is 0.0690. The number of rotatable bonds is 4. The Kier molecular flexibility index (Phi) is 4.95. The van der Waals surface area contributed by atoms with Crippen molar-refractivity contribution in [2.45, 2.75) is 24.6 Å².